The normalized spacial score (nSPS) is 15.7. The molecule has 0 aromatic heterocycles. The Bertz CT molecular complexity index is 620. The molecule has 5 atom stereocenters. The first-order chi connectivity index (χ1) is 13.7. The third-order valence-corrected chi connectivity index (χ3v) is 4.05. The number of carboxylic acids is 2. The van der Waals surface area contributed by atoms with Gasteiger partial charge >= 0.3 is 57.5 Å². The SMILES string of the molecule is O=C(CO)C(O)C(O)C(O)CO.O=C(O)C(O)C(O)C(=O)O.O=P([O-])([O-])OP(=O)(O)O.[Ca+2]. The molecule has 0 rings (SSSR count). The Balaban J connectivity index is -0.000000183. The van der Waals surface area contributed by atoms with E-state index in [0.717, 1.165) is 0 Å². The first-order valence-electron chi connectivity index (χ1n) is 7.11. The zero-order chi connectivity index (χ0) is 25.7. The topological polar surface area (TPSA) is 363 Å². The molecular weight excluding hydrogens is 526 g/mol. The summed E-state index contributed by atoms with van der Waals surface area (Å²) in [4.78, 5) is 64.2. The molecule has 5 unspecified atom stereocenters. The summed E-state index contributed by atoms with van der Waals surface area (Å²) < 4.78 is 21.7. The molecule has 0 saturated carbocycles. The summed E-state index contributed by atoms with van der Waals surface area (Å²) in [5, 5.41) is 75.6. The zero-order valence-electron chi connectivity index (χ0n) is 15.6. The molecule has 0 amide bonds. The van der Waals surface area contributed by atoms with Crippen molar-refractivity contribution in [2.24, 2.45) is 0 Å². The molecule has 186 valence electrons. The first-order valence-corrected chi connectivity index (χ1v) is 10.1. The van der Waals surface area contributed by atoms with Crippen molar-refractivity contribution >= 4 is 71.1 Å². The van der Waals surface area contributed by atoms with E-state index in [1.54, 1.807) is 0 Å². The van der Waals surface area contributed by atoms with Crippen LogP contribution in [0.5, 0.6) is 0 Å². The quantitative estimate of drug-likeness (QED) is 0.0894. The van der Waals surface area contributed by atoms with Crippen molar-refractivity contribution in [3.63, 3.8) is 0 Å². The minimum absolute atomic E-state index is 0. The van der Waals surface area contributed by atoms with Crippen LogP contribution in [0.1, 0.15) is 0 Å². The molecule has 0 spiro atoms. The van der Waals surface area contributed by atoms with Crippen LogP contribution in [0, 0.1) is 0 Å². The van der Waals surface area contributed by atoms with Crippen molar-refractivity contribution in [3.05, 3.63) is 0 Å². The molecule has 0 aromatic carbocycles. The largest absolute Gasteiger partial charge is 2.00 e. The molecule has 11 N–H and O–H groups in total. The fraction of sp³-hybridized carbons (Fsp3) is 0.700. The fourth-order valence-corrected chi connectivity index (χ4v) is 2.04. The number of carbonyl (C=O) groups is 3. The van der Waals surface area contributed by atoms with Gasteiger partial charge in [-0.15, -0.1) is 0 Å². The molecule has 0 aliphatic carbocycles. The standard InChI is InChI=1S/C6H12O6.C4H6O6.Ca.H4O7P2/c7-1-3(9)5(11)6(12)4(10)2-8;5-1(3(7)8)2(6)4(9)10;;1-8(2,3)7-9(4,5)6/h3,5-9,11-12H,1-2H2;1-2,5-6H,(H,7,8)(H,9,10);;(H2,1,2,3)(H2,4,5,6)/q;;+2;/p-2. The molecular formula is C10H20CaO19P2. The number of phosphoric acid groups is 2. The molecule has 0 aliphatic rings. The maximum absolute atomic E-state index is 10.5. The predicted octanol–water partition coefficient (Wildman–Crippen LogP) is -7.96. The van der Waals surface area contributed by atoms with Crippen LogP contribution in [-0.4, -0.2) is 155 Å². The van der Waals surface area contributed by atoms with Crippen molar-refractivity contribution in [3.8, 4) is 0 Å². The first kappa shape index (κ1) is 39.1. The van der Waals surface area contributed by atoms with Crippen molar-refractivity contribution in [1.82, 2.24) is 0 Å². The van der Waals surface area contributed by atoms with Crippen LogP contribution in [0.15, 0.2) is 0 Å². The second-order valence-electron chi connectivity index (χ2n) is 4.90. The third kappa shape index (κ3) is 21.7. The van der Waals surface area contributed by atoms with E-state index in [1.807, 2.05) is 0 Å². The van der Waals surface area contributed by atoms with Gasteiger partial charge in [0.15, 0.2) is 18.0 Å². The monoisotopic (exact) mass is 546 g/mol. The van der Waals surface area contributed by atoms with Crippen LogP contribution in [0.4, 0.5) is 0 Å². The summed E-state index contributed by atoms with van der Waals surface area (Å²) in [6, 6.07) is 0. The zero-order valence-corrected chi connectivity index (χ0v) is 19.6. The molecule has 0 aromatic rings. The van der Waals surface area contributed by atoms with E-state index in [4.69, 9.17) is 55.7 Å². The molecule has 0 radical (unpaired) electrons. The van der Waals surface area contributed by atoms with Gasteiger partial charge in [-0.3, -0.25) is 9.11 Å². The van der Waals surface area contributed by atoms with E-state index in [1.165, 1.54) is 0 Å². The van der Waals surface area contributed by atoms with Gasteiger partial charge in [-0.05, 0) is 0 Å². The molecule has 0 saturated heterocycles. The summed E-state index contributed by atoms with van der Waals surface area (Å²) in [6.07, 6.45) is -9.75. The number of carbonyl (C=O) groups excluding carboxylic acids is 1. The van der Waals surface area contributed by atoms with Gasteiger partial charge in [-0.1, -0.05) is 0 Å². The molecule has 22 heteroatoms. The van der Waals surface area contributed by atoms with Crippen LogP contribution in [0.25, 0.3) is 0 Å². The van der Waals surface area contributed by atoms with Crippen LogP contribution in [-0.2, 0) is 27.8 Å². The minimum Gasteiger partial charge on any atom is -0.789 e. The van der Waals surface area contributed by atoms with E-state index in [2.05, 4.69) is 4.31 Å². The summed E-state index contributed by atoms with van der Waals surface area (Å²) >= 11 is 0. The Hall–Kier alpha value is -0.150. The second kappa shape index (κ2) is 18.2. The van der Waals surface area contributed by atoms with Gasteiger partial charge in [0.05, 0.1) is 14.4 Å². The number of ketones is 1. The van der Waals surface area contributed by atoms with Gasteiger partial charge in [0.2, 0.25) is 0 Å². The maximum Gasteiger partial charge on any atom is 2.00 e. The van der Waals surface area contributed by atoms with Crippen LogP contribution >= 0.6 is 15.6 Å². The molecule has 0 aliphatic heterocycles. The Labute approximate surface area is 207 Å². The molecule has 19 nitrogen and oxygen atoms in total. The Morgan fingerprint density at radius 3 is 1.31 bits per heavy atom. The number of Topliss-reactive ketones (excluding diaryl/α,β-unsaturated/α-hetero) is 1. The molecule has 0 bridgehead atoms. The smallest absolute Gasteiger partial charge is 0.789 e. The summed E-state index contributed by atoms with van der Waals surface area (Å²) in [6.45, 7) is -1.69. The van der Waals surface area contributed by atoms with E-state index >= 15 is 0 Å². The fourth-order valence-electron chi connectivity index (χ4n) is 1.00. The van der Waals surface area contributed by atoms with Gasteiger partial charge in [-0.2, -0.15) is 0 Å². The van der Waals surface area contributed by atoms with E-state index in [-0.39, 0.29) is 37.7 Å². The Morgan fingerprint density at radius 2 is 1.16 bits per heavy atom. The van der Waals surface area contributed by atoms with Gasteiger partial charge in [-0.25, -0.2) is 14.2 Å². The van der Waals surface area contributed by atoms with Crippen LogP contribution in [0.3, 0.4) is 0 Å². The van der Waals surface area contributed by atoms with E-state index in [9.17, 15) is 33.3 Å². The number of aliphatic hydroxyl groups is 7. The van der Waals surface area contributed by atoms with Crippen molar-refractivity contribution < 1.29 is 93.4 Å². The second-order valence-corrected chi connectivity index (χ2v) is 7.42. The van der Waals surface area contributed by atoms with E-state index in [0.29, 0.717) is 0 Å². The minimum atomic E-state index is -5.55. The van der Waals surface area contributed by atoms with Crippen molar-refractivity contribution in [1.29, 1.82) is 0 Å². The molecule has 0 heterocycles. The van der Waals surface area contributed by atoms with Gasteiger partial charge in [0.1, 0.15) is 24.9 Å². The number of carboxylic acid groups (broad SMARTS) is 2. The summed E-state index contributed by atoms with van der Waals surface area (Å²) in [5.74, 6) is -4.54. The Kier molecular flexibility index (Phi) is 22.2. The van der Waals surface area contributed by atoms with Crippen LogP contribution < -0.4 is 9.79 Å². The van der Waals surface area contributed by atoms with Gasteiger partial charge in [0.25, 0.3) is 0 Å². The maximum atomic E-state index is 10.5. The third-order valence-electron chi connectivity index (χ3n) is 2.40. The molecule has 0 fully saturated rings. The molecule has 32 heavy (non-hydrogen) atoms. The average molecular weight is 546 g/mol. The number of rotatable bonds is 10. The predicted molar refractivity (Wildman–Crippen MR) is 91.0 cm³/mol. The number of hydrogen-bond acceptors (Lipinski definition) is 15. The Morgan fingerprint density at radius 1 is 0.812 bits per heavy atom. The van der Waals surface area contributed by atoms with Crippen molar-refractivity contribution in [2.75, 3.05) is 13.2 Å². The number of hydrogen-bond donors (Lipinski definition) is 11. The van der Waals surface area contributed by atoms with Gasteiger partial charge in [0, 0.05) is 0 Å². The van der Waals surface area contributed by atoms with Crippen LogP contribution in [0.2, 0.25) is 0 Å². The van der Waals surface area contributed by atoms with Gasteiger partial charge < -0.3 is 70.1 Å². The van der Waals surface area contributed by atoms with E-state index < -0.39 is 77.1 Å². The summed E-state index contributed by atoms with van der Waals surface area (Å²) in [5.41, 5.74) is 0. The average Bonchev–Trinajstić information content (AvgIpc) is 2.61. The number of aliphatic hydroxyl groups excluding tert-OH is 7. The van der Waals surface area contributed by atoms with Crippen molar-refractivity contribution in [2.45, 2.75) is 30.5 Å². The number of aliphatic carboxylic acids is 2. The summed E-state index contributed by atoms with van der Waals surface area (Å²) in [7, 11) is -10.7.